The molecule has 4 nitrogen and oxygen atoms in total. The molecule has 5 heteroatoms. The molecule has 3 rings (SSSR count). The van der Waals surface area contributed by atoms with Gasteiger partial charge in [0.2, 0.25) is 0 Å². The number of hydrogen-bond acceptors (Lipinski definition) is 2. The average molecular weight is 289 g/mol. The van der Waals surface area contributed by atoms with E-state index in [0.29, 0.717) is 6.04 Å². The van der Waals surface area contributed by atoms with Crippen LogP contribution in [0.5, 0.6) is 0 Å². The minimum Gasteiger partial charge on any atom is -0.327 e. The van der Waals surface area contributed by atoms with Crippen LogP contribution in [0.1, 0.15) is 45.2 Å². The van der Waals surface area contributed by atoms with E-state index >= 15 is 0 Å². The summed E-state index contributed by atoms with van der Waals surface area (Å²) >= 11 is 0. The van der Waals surface area contributed by atoms with Crippen molar-refractivity contribution in [3.63, 3.8) is 0 Å². The summed E-state index contributed by atoms with van der Waals surface area (Å²) < 4.78 is 18.0. The fraction of sp³-hybridized carbons (Fsp3) is 0.467. The summed E-state index contributed by atoms with van der Waals surface area (Å²) in [4.78, 5) is 4.41. The van der Waals surface area contributed by atoms with Crippen molar-refractivity contribution in [2.24, 2.45) is 4.40 Å². The number of hydrogen-bond donors (Lipinski definition) is 0. The number of nitrogens with zero attached hydrogens (tertiary/aromatic N) is 3. The zero-order chi connectivity index (χ0) is 14.3. The fourth-order valence-electron chi connectivity index (χ4n) is 2.03. The van der Waals surface area contributed by atoms with Crippen LogP contribution in [0.3, 0.4) is 0 Å². The Morgan fingerprint density at radius 2 is 2.15 bits per heavy atom. The summed E-state index contributed by atoms with van der Waals surface area (Å²) in [5, 5.41) is 0. The Balaban J connectivity index is 1.90. The van der Waals surface area contributed by atoms with E-state index in [1.54, 1.807) is 6.21 Å². The molecule has 0 unspecified atom stereocenters. The number of rotatable bonds is 3. The summed E-state index contributed by atoms with van der Waals surface area (Å²) in [6, 6.07) is 6.64. The van der Waals surface area contributed by atoms with E-state index in [-0.39, 0.29) is 4.75 Å². The molecule has 1 fully saturated rings. The first-order valence-corrected chi connectivity index (χ1v) is 7.98. The van der Waals surface area contributed by atoms with Gasteiger partial charge in [0.25, 0.3) is 0 Å². The van der Waals surface area contributed by atoms with Gasteiger partial charge in [-0.2, -0.15) is 4.40 Å². The van der Waals surface area contributed by atoms with Crippen LogP contribution in [-0.2, 0) is 11.0 Å². The third kappa shape index (κ3) is 2.68. The summed E-state index contributed by atoms with van der Waals surface area (Å²) in [5.74, 6) is 0. The van der Waals surface area contributed by atoms with Gasteiger partial charge < -0.3 is 4.57 Å². The Labute approximate surface area is 121 Å². The zero-order valence-corrected chi connectivity index (χ0v) is 12.9. The minimum atomic E-state index is -1.22. The van der Waals surface area contributed by atoms with Crippen LogP contribution in [0, 0.1) is 0 Å². The standard InChI is InChI=1S/C15H19N3OS/c1-15(2,3)20(19)17-9-11-4-7-13-14(8-11)18(10-16-13)12-5-6-12/h4,7-10,12H,5-6H2,1-3H3/b17-9+/t20-/m1/s1. The maximum atomic E-state index is 11.9. The van der Waals surface area contributed by atoms with E-state index in [1.807, 2.05) is 39.2 Å². The molecule has 106 valence electrons. The van der Waals surface area contributed by atoms with Crippen LogP contribution in [0.2, 0.25) is 0 Å². The zero-order valence-electron chi connectivity index (χ0n) is 12.0. The second-order valence-electron chi connectivity index (χ2n) is 6.23. The van der Waals surface area contributed by atoms with Crippen molar-refractivity contribution in [2.45, 2.75) is 44.4 Å². The van der Waals surface area contributed by atoms with E-state index < -0.39 is 11.0 Å². The Morgan fingerprint density at radius 3 is 2.80 bits per heavy atom. The van der Waals surface area contributed by atoms with Gasteiger partial charge in [0.05, 0.1) is 22.1 Å². The fourth-order valence-corrected chi connectivity index (χ4v) is 2.57. The minimum absolute atomic E-state index is 0.323. The highest BCUT2D eigenvalue weighted by atomic mass is 32.2. The number of benzene rings is 1. The molecule has 20 heavy (non-hydrogen) atoms. The van der Waals surface area contributed by atoms with Gasteiger partial charge in [0.15, 0.2) is 0 Å². The third-order valence-corrected chi connectivity index (χ3v) is 4.71. The Kier molecular flexibility index (Phi) is 3.24. The maximum absolute atomic E-state index is 11.9. The van der Waals surface area contributed by atoms with Crippen molar-refractivity contribution >= 4 is 28.2 Å². The van der Waals surface area contributed by atoms with E-state index in [4.69, 9.17) is 0 Å². The van der Waals surface area contributed by atoms with Crippen LogP contribution < -0.4 is 0 Å². The number of imidazole rings is 1. The topological polar surface area (TPSA) is 47.2 Å². The lowest BCUT2D eigenvalue weighted by molar-refractivity contribution is 0.651. The first-order chi connectivity index (χ1) is 9.45. The van der Waals surface area contributed by atoms with Crippen molar-refractivity contribution < 1.29 is 4.21 Å². The summed E-state index contributed by atoms with van der Waals surface area (Å²) in [6.07, 6.45) is 6.08. The van der Waals surface area contributed by atoms with E-state index in [1.165, 1.54) is 12.8 Å². The third-order valence-electron chi connectivity index (χ3n) is 3.36. The molecule has 1 saturated carbocycles. The Morgan fingerprint density at radius 1 is 1.40 bits per heavy atom. The quantitative estimate of drug-likeness (QED) is 0.814. The largest absolute Gasteiger partial charge is 0.327 e. The molecular formula is C15H19N3OS. The van der Waals surface area contributed by atoms with Gasteiger partial charge in [-0.15, -0.1) is 0 Å². The second kappa shape index (κ2) is 4.81. The van der Waals surface area contributed by atoms with Crippen molar-refractivity contribution in [1.82, 2.24) is 9.55 Å². The predicted octanol–water partition coefficient (Wildman–Crippen LogP) is 3.25. The lowest BCUT2D eigenvalue weighted by atomic mass is 10.2. The number of fused-ring (bicyclic) bond motifs is 1. The molecule has 1 aliphatic carbocycles. The molecular weight excluding hydrogens is 270 g/mol. The normalized spacial score (nSPS) is 17.9. The molecule has 0 amide bonds. The second-order valence-corrected chi connectivity index (χ2v) is 8.16. The van der Waals surface area contributed by atoms with Crippen LogP contribution in [-0.4, -0.2) is 24.7 Å². The molecule has 0 aliphatic heterocycles. The lowest BCUT2D eigenvalue weighted by Crippen LogP contribution is -2.19. The molecule has 1 atom stereocenters. The molecule has 0 saturated heterocycles. The molecule has 2 aromatic rings. The predicted molar refractivity (Wildman–Crippen MR) is 83.5 cm³/mol. The van der Waals surface area contributed by atoms with Gasteiger partial charge in [-0.1, -0.05) is 6.07 Å². The molecule has 1 heterocycles. The van der Waals surface area contributed by atoms with Crippen LogP contribution in [0.25, 0.3) is 11.0 Å². The molecule has 1 aromatic heterocycles. The molecule has 0 bridgehead atoms. The average Bonchev–Trinajstić information content (AvgIpc) is 3.15. The van der Waals surface area contributed by atoms with E-state index in [0.717, 1.165) is 16.6 Å². The maximum Gasteiger partial charge on any atom is 0.144 e. The Hall–Kier alpha value is -1.49. The van der Waals surface area contributed by atoms with E-state index in [2.05, 4.69) is 20.0 Å². The van der Waals surface area contributed by atoms with Crippen molar-refractivity contribution in [1.29, 1.82) is 0 Å². The molecule has 1 aromatic carbocycles. The van der Waals surface area contributed by atoms with Gasteiger partial charge in [0.1, 0.15) is 11.0 Å². The summed E-state index contributed by atoms with van der Waals surface area (Å²) in [6.45, 7) is 5.77. The van der Waals surface area contributed by atoms with Gasteiger partial charge in [-0.25, -0.2) is 9.19 Å². The van der Waals surface area contributed by atoms with Crippen molar-refractivity contribution in [2.75, 3.05) is 0 Å². The van der Waals surface area contributed by atoms with Gasteiger partial charge >= 0.3 is 0 Å². The molecule has 0 N–H and O–H groups in total. The first kappa shape index (κ1) is 13.5. The molecule has 0 spiro atoms. The van der Waals surface area contributed by atoms with Crippen LogP contribution >= 0.6 is 0 Å². The van der Waals surface area contributed by atoms with Crippen LogP contribution in [0.15, 0.2) is 28.9 Å². The lowest BCUT2D eigenvalue weighted by Gasteiger charge is -2.12. The summed E-state index contributed by atoms with van der Waals surface area (Å²) in [5.41, 5.74) is 3.11. The molecule has 0 radical (unpaired) electrons. The first-order valence-electron chi connectivity index (χ1n) is 6.88. The van der Waals surface area contributed by atoms with Gasteiger partial charge in [0, 0.05) is 12.3 Å². The highest BCUT2D eigenvalue weighted by Gasteiger charge is 2.24. The van der Waals surface area contributed by atoms with Gasteiger partial charge in [-0.05, 0) is 51.3 Å². The van der Waals surface area contributed by atoms with Crippen molar-refractivity contribution in [3.8, 4) is 0 Å². The number of aromatic nitrogens is 2. The smallest absolute Gasteiger partial charge is 0.144 e. The van der Waals surface area contributed by atoms with Crippen molar-refractivity contribution in [3.05, 3.63) is 30.1 Å². The van der Waals surface area contributed by atoms with Gasteiger partial charge in [-0.3, -0.25) is 0 Å². The monoisotopic (exact) mass is 289 g/mol. The highest BCUT2D eigenvalue weighted by Crippen LogP contribution is 2.37. The van der Waals surface area contributed by atoms with E-state index in [9.17, 15) is 4.21 Å². The summed E-state index contributed by atoms with van der Waals surface area (Å²) in [7, 11) is -1.22. The molecule has 1 aliphatic rings. The highest BCUT2D eigenvalue weighted by molar-refractivity contribution is 7.85. The van der Waals surface area contributed by atoms with Crippen LogP contribution in [0.4, 0.5) is 0 Å². The Bertz CT molecular complexity index is 693. The SMILES string of the molecule is CC(C)(C)[S@@](=O)/N=C/c1ccc2ncn(C3CC3)c2c1.